The fourth-order valence-electron chi connectivity index (χ4n) is 1.55. The van der Waals surface area contributed by atoms with Gasteiger partial charge in [-0.15, -0.1) is 0 Å². The molecular formula is C11H9BrN2O. The first kappa shape index (κ1) is 10.1. The number of nitrogens with zero attached hydrogens (tertiary/aromatic N) is 2. The van der Waals surface area contributed by atoms with Crippen LogP contribution in [0, 0.1) is 0 Å². The second-order valence-corrected chi connectivity index (χ2v) is 3.91. The molecule has 15 heavy (non-hydrogen) atoms. The summed E-state index contributed by atoms with van der Waals surface area (Å²) in [5.74, 6) is 0. The number of hydrogen-bond donors (Lipinski definition) is 0. The van der Waals surface area contributed by atoms with Crippen molar-refractivity contribution < 1.29 is 4.79 Å². The second kappa shape index (κ2) is 3.98. The lowest BCUT2D eigenvalue weighted by molar-refractivity contribution is 0.112. The van der Waals surface area contributed by atoms with Gasteiger partial charge in [0.1, 0.15) is 4.60 Å². The minimum absolute atomic E-state index is 0.582. The van der Waals surface area contributed by atoms with E-state index in [1.165, 1.54) is 0 Å². The molecule has 0 aliphatic carbocycles. The summed E-state index contributed by atoms with van der Waals surface area (Å²) in [5.41, 5.74) is 2.40. The summed E-state index contributed by atoms with van der Waals surface area (Å²) in [6.45, 7) is 0. The molecule has 0 saturated carbocycles. The number of halogens is 1. The van der Waals surface area contributed by atoms with Gasteiger partial charge in [-0.3, -0.25) is 9.48 Å². The maximum absolute atomic E-state index is 11.0. The smallest absolute Gasteiger partial charge is 0.155 e. The van der Waals surface area contributed by atoms with E-state index in [9.17, 15) is 4.79 Å². The zero-order valence-electron chi connectivity index (χ0n) is 8.14. The van der Waals surface area contributed by atoms with Gasteiger partial charge in [-0.2, -0.15) is 5.10 Å². The number of aryl methyl sites for hydroxylation is 1. The zero-order chi connectivity index (χ0) is 10.8. The van der Waals surface area contributed by atoms with Gasteiger partial charge < -0.3 is 0 Å². The number of aldehydes is 1. The average molecular weight is 265 g/mol. The Morgan fingerprint density at radius 3 is 2.60 bits per heavy atom. The van der Waals surface area contributed by atoms with E-state index in [2.05, 4.69) is 21.0 Å². The van der Waals surface area contributed by atoms with E-state index in [0.717, 1.165) is 17.5 Å². The molecule has 0 aliphatic rings. The van der Waals surface area contributed by atoms with Gasteiger partial charge in [0.05, 0.1) is 11.3 Å². The summed E-state index contributed by atoms with van der Waals surface area (Å²) in [6, 6.07) is 9.72. The summed E-state index contributed by atoms with van der Waals surface area (Å²) in [5, 5.41) is 4.16. The van der Waals surface area contributed by atoms with Crippen LogP contribution in [-0.4, -0.2) is 16.1 Å². The second-order valence-electron chi connectivity index (χ2n) is 3.16. The summed E-state index contributed by atoms with van der Waals surface area (Å²) < 4.78 is 2.28. The number of benzene rings is 1. The van der Waals surface area contributed by atoms with Crippen molar-refractivity contribution >= 4 is 22.2 Å². The Morgan fingerprint density at radius 1 is 1.33 bits per heavy atom. The highest BCUT2D eigenvalue weighted by Crippen LogP contribution is 2.26. The van der Waals surface area contributed by atoms with Crippen LogP contribution in [0.3, 0.4) is 0 Å². The molecule has 4 heteroatoms. The van der Waals surface area contributed by atoms with E-state index >= 15 is 0 Å². The monoisotopic (exact) mass is 264 g/mol. The quantitative estimate of drug-likeness (QED) is 0.782. The van der Waals surface area contributed by atoms with Crippen LogP contribution >= 0.6 is 15.9 Å². The van der Waals surface area contributed by atoms with Crippen LogP contribution in [-0.2, 0) is 7.05 Å². The molecule has 1 heterocycles. The molecular weight excluding hydrogens is 256 g/mol. The number of hydrogen-bond acceptors (Lipinski definition) is 2. The van der Waals surface area contributed by atoms with Crippen molar-refractivity contribution in [2.24, 2.45) is 7.05 Å². The molecule has 1 aromatic carbocycles. The van der Waals surface area contributed by atoms with Crippen molar-refractivity contribution in [3.05, 3.63) is 40.5 Å². The van der Waals surface area contributed by atoms with Crippen LogP contribution < -0.4 is 0 Å². The van der Waals surface area contributed by atoms with Gasteiger partial charge >= 0.3 is 0 Å². The van der Waals surface area contributed by atoms with Crippen LogP contribution in [0.5, 0.6) is 0 Å². The van der Waals surface area contributed by atoms with Gasteiger partial charge in [-0.1, -0.05) is 30.3 Å². The van der Waals surface area contributed by atoms with Crippen LogP contribution in [0.2, 0.25) is 0 Å². The third-order valence-electron chi connectivity index (χ3n) is 2.20. The first-order valence-electron chi connectivity index (χ1n) is 4.47. The highest BCUT2D eigenvalue weighted by molar-refractivity contribution is 9.10. The Hall–Kier alpha value is -1.42. The van der Waals surface area contributed by atoms with E-state index in [1.807, 2.05) is 37.4 Å². The predicted octanol–water partition coefficient (Wildman–Crippen LogP) is 2.66. The zero-order valence-corrected chi connectivity index (χ0v) is 9.73. The Labute approximate surface area is 95.9 Å². The number of aromatic nitrogens is 2. The Kier molecular flexibility index (Phi) is 2.68. The van der Waals surface area contributed by atoms with Crippen LogP contribution in [0.15, 0.2) is 34.9 Å². The number of carbonyl (C=O) groups excluding carboxylic acids is 1. The van der Waals surface area contributed by atoms with Crippen molar-refractivity contribution in [2.75, 3.05) is 0 Å². The molecule has 0 N–H and O–H groups in total. The van der Waals surface area contributed by atoms with Gasteiger partial charge in [0.2, 0.25) is 0 Å². The summed E-state index contributed by atoms with van der Waals surface area (Å²) in [6.07, 6.45) is 0.819. The molecule has 0 aliphatic heterocycles. The maximum atomic E-state index is 11.0. The lowest BCUT2D eigenvalue weighted by atomic mass is 10.1. The highest BCUT2D eigenvalue weighted by atomic mass is 79.9. The molecule has 1 aromatic heterocycles. The van der Waals surface area contributed by atoms with Gasteiger partial charge in [0, 0.05) is 12.6 Å². The van der Waals surface area contributed by atoms with E-state index in [0.29, 0.717) is 10.2 Å². The minimum atomic E-state index is 0.582. The van der Waals surface area contributed by atoms with Gasteiger partial charge in [-0.05, 0) is 15.9 Å². The van der Waals surface area contributed by atoms with Crippen LogP contribution in [0.1, 0.15) is 10.4 Å². The number of carbonyl (C=O) groups is 1. The molecule has 2 aromatic rings. The molecule has 0 radical (unpaired) electrons. The highest BCUT2D eigenvalue weighted by Gasteiger charge is 2.14. The van der Waals surface area contributed by atoms with E-state index in [4.69, 9.17) is 0 Å². The van der Waals surface area contributed by atoms with Gasteiger partial charge in [-0.25, -0.2) is 0 Å². The fraction of sp³-hybridized carbons (Fsp3) is 0.0909. The molecule has 0 amide bonds. The van der Waals surface area contributed by atoms with Crippen molar-refractivity contribution in [1.29, 1.82) is 0 Å². The average Bonchev–Trinajstić information content (AvgIpc) is 2.54. The largest absolute Gasteiger partial charge is 0.298 e. The summed E-state index contributed by atoms with van der Waals surface area (Å²) in [7, 11) is 1.82. The standard InChI is InChI=1S/C11H9BrN2O/c1-14-10(8-5-3-2-4-6-8)9(7-15)11(12)13-14/h2-7H,1H3. The SMILES string of the molecule is Cn1nc(Br)c(C=O)c1-c1ccccc1. The van der Waals surface area contributed by atoms with Crippen molar-refractivity contribution in [3.8, 4) is 11.3 Å². The topological polar surface area (TPSA) is 34.9 Å². The first-order valence-corrected chi connectivity index (χ1v) is 5.26. The normalized spacial score (nSPS) is 10.3. The maximum Gasteiger partial charge on any atom is 0.155 e. The summed E-state index contributed by atoms with van der Waals surface area (Å²) >= 11 is 3.26. The molecule has 0 fully saturated rings. The van der Waals surface area contributed by atoms with Crippen molar-refractivity contribution in [1.82, 2.24) is 9.78 Å². The lowest BCUT2D eigenvalue weighted by Gasteiger charge is -2.02. The van der Waals surface area contributed by atoms with E-state index < -0.39 is 0 Å². The summed E-state index contributed by atoms with van der Waals surface area (Å²) in [4.78, 5) is 11.0. The molecule has 0 saturated heterocycles. The van der Waals surface area contributed by atoms with Crippen LogP contribution in [0.4, 0.5) is 0 Å². The van der Waals surface area contributed by atoms with Crippen molar-refractivity contribution in [2.45, 2.75) is 0 Å². The third kappa shape index (κ3) is 1.72. The molecule has 2 rings (SSSR count). The molecule has 76 valence electrons. The minimum Gasteiger partial charge on any atom is -0.298 e. The molecule has 3 nitrogen and oxygen atoms in total. The fourth-order valence-corrected chi connectivity index (χ4v) is 2.07. The van der Waals surface area contributed by atoms with E-state index in [1.54, 1.807) is 4.68 Å². The third-order valence-corrected chi connectivity index (χ3v) is 2.79. The molecule has 0 atom stereocenters. The van der Waals surface area contributed by atoms with Crippen LogP contribution in [0.25, 0.3) is 11.3 Å². The molecule has 0 bridgehead atoms. The molecule has 0 spiro atoms. The Balaban J connectivity index is 2.67. The van der Waals surface area contributed by atoms with Gasteiger partial charge in [0.25, 0.3) is 0 Å². The van der Waals surface area contributed by atoms with Gasteiger partial charge in [0.15, 0.2) is 6.29 Å². The predicted molar refractivity (Wildman–Crippen MR) is 61.7 cm³/mol. The Morgan fingerprint density at radius 2 is 2.00 bits per heavy atom. The Bertz CT molecular complexity index is 491. The van der Waals surface area contributed by atoms with Crippen molar-refractivity contribution in [3.63, 3.8) is 0 Å². The number of rotatable bonds is 2. The lowest BCUT2D eigenvalue weighted by Crippen LogP contribution is -1.94. The first-order chi connectivity index (χ1) is 7.24. The molecule has 0 unspecified atom stereocenters. The van der Waals surface area contributed by atoms with E-state index in [-0.39, 0.29) is 0 Å².